The smallest absolute Gasteiger partial charge is 0.320 e. The van der Waals surface area contributed by atoms with Crippen molar-refractivity contribution in [3.8, 4) is 0 Å². The minimum atomic E-state index is -1.14. The highest BCUT2D eigenvalue weighted by molar-refractivity contribution is 6.29. The van der Waals surface area contributed by atoms with Gasteiger partial charge in [-0.1, -0.05) is 36.6 Å². The van der Waals surface area contributed by atoms with Crippen molar-refractivity contribution < 1.29 is 19.0 Å². The Morgan fingerprint density at radius 2 is 1.94 bits per heavy atom. The highest BCUT2D eigenvalue weighted by Gasteiger charge is 2.56. The van der Waals surface area contributed by atoms with Crippen LogP contribution < -0.4 is 5.56 Å². The first-order chi connectivity index (χ1) is 16.8. The molecular weight excluding hydrogens is 475 g/mol. The van der Waals surface area contributed by atoms with Crippen LogP contribution in [0.25, 0.3) is 0 Å². The van der Waals surface area contributed by atoms with Gasteiger partial charge in [-0.3, -0.25) is 9.36 Å². The van der Waals surface area contributed by atoms with Gasteiger partial charge in [0.05, 0.1) is 37.7 Å². The summed E-state index contributed by atoms with van der Waals surface area (Å²) >= 11 is 5.84. The minimum absolute atomic E-state index is 0.0960. The van der Waals surface area contributed by atoms with Crippen molar-refractivity contribution in [1.29, 1.82) is 0 Å². The quantitative estimate of drug-likeness (QED) is 0.648. The number of ether oxygens (including phenoxy) is 1. The van der Waals surface area contributed by atoms with E-state index in [0.29, 0.717) is 39.3 Å². The number of carbonyl (C=O) groups excluding carboxylic acids is 1. The largest absolute Gasteiger partial charge is 0.387 e. The number of halogens is 2. The molecule has 0 radical (unpaired) electrons. The summed E-state index contributed by atoms with van der Waals surface area (Å²) < 4.78 is 20.5. The van der Waals surface area contributed by atoms with Crippen molar-refractivity contribution in [3.05, 3.63) is 63.5 Å². The molecule has 0 bridgehead atoms. The monoisotopic (exact) mass is 504 g/mol. The molecule has 1 spiro atoms. The zero-order valence-corrected chi connectivity index (χ0v) is 20.3. The SMILES string of the molecule is O=C(N1CCC(O)(Cn2cnc(Cl)cc2=O)C2(CCCC2)C1)N1CCOCC1c1ccc(F)cc1. The van der Waals surface area contributed by atoms with E-state index in [-0.39, 0.29) is 35.1 Å². The summed E-state index contributed by atoms with van der Waals surface area (Å²) in [6.45, 7) is 2.16. The Morgan fingerprint density at radius 1 is 1.20 bits per heavy atom. The summed E-state index contributed by atoms with van der Waals surface area (Å²) in [5, 5.41) is 12.0. The summed E-state index contributed by atoms with van der Waals surface area (Å²) in [6, 6.07) is 7.04. The molecule has 8 nitrogen and oxygen atoms in total. The Hall–Kier alpha value is -2.49. The molecule has 3 heterocycles. The van der Waals surface area contributed by atoms with Crippen LogP contribution in [0.2, 0.25) is 5.15 Å². The third kappa shape index (κ3) is 4.57. The molecule has 2 aliphatic heterocycles. The zero-order valence-electron chi connectivity index (χ0n) is 19.5. The third-order valence-corrected chi connectivity index (χ3v) is 8.22. The van der Waals surface area contributed by atoms with Crippen molar-refractivity contribution in [2.75, 3.05) is 32.8 Å². The van der Waals surface area contributed by atoms with Gasteiger partial charge in [0, 0.05) is 31.1 Å². The molecule has 10 heteroatoms. The number of morpholine rings is 1. The van der Waals surface area contributed by atoms with E-state index >= 15 is 0 Å². The van der Waals surface area contributed by atoms with Crippen LogP contribution in [0.15, 0.2) is 41.5 Å². The van der Waals surface area contributed by atoms with Crippen LogP contribution in [0, 0.1) is 11.2 Å². The number of benzene rings is 1. The number of rotatable bonds is 3. The lowest BCUT2D eigenvalue weighted by Crippen LogP contribution is -2.64. The number of hydrogen-bond acceptors (Lipinski definition) is 5. The highest BCUT2D eigenvalue weighted by Crippen LogP contribution is 2.51. The summed E-state index contributed by atoms with van der Waals surface area (Å²) in [5.41, 5.74) is -1.11. The van der Waals surface area contributed by atoms with Gasteiger partial charge in [0.15, 0.2) is 0 Å². The van der Waals surface area contributed by atoms with E-state index in [4.69, 9.17) is 16.3 Å². The number of urea groups is 1. The molecule has 188 valence electrons. The van der Waals surface area contributed by atoms with E-state index in [2.05, 4.69) is 4.98 Å². The Kier molecular flexibility index (Phi) is 6.59. The third-order valence-electron chi connectivity index (χ3n) is 8.01. The molecule has 2 saturated heterocycles. The summed E-state index contributed by atoms with van der Waals surface area (Å²) in [6.07, 6.45) is 5.24. The first-order valence-electron chi connectivity index (χ1n) is 12.1. The highest BCUT2D eigenvalue weighted by atomic mass is 35.5. The molecule has 1 N–H and O–H groups in total. The molecule has 5 rings (SSSR count). The maximum absolute atomic E-state index is 13.8. The molecular formula is C25H30ClFN4O4. The maximum atomic E-state index is 13.8. The van der Waals surface area contributed by atoms with E-state index in [9.17, 15) is 19.1 Å². The molecule has 1 aliphatic carbocycles. The van der Waals surface area contributed by atoms with E-state index in [1.54, 1.807) is 17.0 Å². The molecule has 1 aromatic carbocycles. The second kappa shape index (κ2) is 9.52. The summed E-state index contributed by atoms with van der Waals surface area (Å²) in [7, 11) is 0. The van der Waals surface area contributed by atoms with Gasteiger partial charge in [-0.05, 0) is 37.0 Å². The van der Waals surface area contributed by atoms with Gasteiger partial charge in [-0.2, -0.15) is 0 Å². The summed E-state index contributed by atoms with van der Waals surface area (Å²) in [5.74, 6) is -0.322. The van der Waals surface area contributed by atoms with Gasteiger partial charge in [-0.15, -0.1) is 0 Å². The molecule has 1 aromatic heterocycles. The molecule has 2 atom stereocenters. The Morgan fingerprint density at radius 3 is 2.66 bits per heavy atom. The van der Waals surface area contributed by atoms with Crippen molar-refractivity contribution in [3.63, 3.8) is 0 Å². The predicted molar refractivity (Wildman–Crippen MR) is 128 cm³/mol. The molecule has 35 heavy (non-hydrogen) atoms. The van der Waals surface area contributed by atoms with Crippen molar-refractivity contribution in [2.24, 2.45) is 5.41 Å². The van der Waals surface area contributed by atoms with Gasteiger partial charge in [0.25, 0.3) is 5.56 Å². The second-order valence-corrected chi connectivity index (χ2v) is 10.4. The molecule has 2 unspecified atom stereocenters. The fourth-order valence-electron chi connectivity index (χ4n) is 6.04. The molecule has 2 amide bonds. The lowest BCUT2D eigenvalue weighted by atomic mass is 9.66. The van der Waals surface area contributed by atoms with Gasteiger partial charge >= 0.3 is 6.03 Å². The van der Waals surface area contributed by atoms with Crippen molar-refractivity contribution in [1.82, 2.24) is 19.4 Å². The second-order valence-electron chi connectivity index (χ2n) is 9.99. The predicted octanol–water partition coefficient (Wildman–Crippen LogP) is 3.23. The van der Waals surface area contributed by atoms with Gasteiger partial charge in [0.1, 0.15) is 11.0 Å². The zero-order chi connectivity index (χ0) is 24.6. The van der Waals surface area contributed by atoms with Crippen molar-refractivity contribution in [2.45, 2.75) is 50.3 Å². The number of aromatic nitrogens is 2. The average Bonchev–Trinajstić information content (AvgIpc) is 3.33. The van der Waals surface area contributed by atoms with Crippen LogP contribution in [0.3, 0.4) is 0 Å². The molecule has 3 aliphatic rings. The Labute approximate surface area is 208 Å². The number of amides is 2. The van der Waals surface area contributed by atoms with Gasteiger partial charge in [-0.25, -0.2) is 14.2 Å². The standard InChI is InChI=1S/C25H30ClFN4O4/c26-21-13-22(32)30(17-28-21)16-25(34)9-10-29(15-24(25)7-1-2-8-24)23(33)31-11-12-35-14-20(31)18-3-5-19(27)6-4-18/h3-6,13,17,20,34H,1-2,7-12,14-16H2. The minimum Gasteiger partial charge on any atom is -0.387 e. The van der Waals surface area contributed by atoms with Crippen LogP contribution in [-0.2, 0) is 11.3 Å². The first-order valence-corrected chi connectivity index (χ1v) is 12.5. The average molecular weight is 505 g/mol. The van der Waals surface area contributed by atoms with Crippen LogP contribution in [0.4, 0.5) is 9.18 Å². The molecule has 2 aromatic rings. The summed E-state index contributed by atoms with van der Waals surface area (Å²) in [4.78, 5) is 33.9. The fraction of sp³-hybridized carbons (Fsp3) is 0.560. The number of piperidine rings is 1. The van der Waals surface area contributed by atoms with Crippen LogP contribution in [-0.4, -0.2) is 68.9 Å². The fourth-order valence-corrected chi connectivity index (χ4v) is 6.18. The van der Waals surface area contributed by atoms with Gasteiger partial charge < -0.3 is 19.6 Å². The number of hydrogen-bond donors (Lipinski definition) is 1. The van der Waals surface area contributed by atoms with E-state index in [0.717, 1.165) is 31.2 Å². The van der Waals surface area contributed by atoms with E-state index < -0.39 is 11.0 Å². The lowest BCUT2D eigenvalue weighted by molar-refractivity contribution is -0.137. The first kappa shape index (κ1) is 24.2. The number of carbonyl (C=O) groups is 1. The van der Waals surface area contributed by atoms with Crippen LogP contribution in [0.1, 0.15) is 43.7 Å². The maximum Gasteiger partial charge on any atom is 0.320 e. The Bertz CT molecular complexity index is 1140. The Balaban J connectivity index is 1.38. The lowest BCUT2D eigenvalue weighted by Gasteiger charge is -2.53. The topological polar surface area (TPSA) is 87.9 Å². The normalized spacial score (nSPS) is 26.3. The molecule has 1 saturated carbocycles. The van der Waals surface area contributed by atoms with E-state index in [1.165, 1.54) is 29.1 Å². The molecule has 3 fully saturated rings. The van der Waals surface area contributed by atoms with Crippen LogP contribution >= 0.6 is 11.6 Å². The van der Waals surface area contributed by atoms with E-state index in [1.807, 2.05) is 4.90 Å². The number of likely N-dealkylation sites (tertiary alicyclic amines) is 1. The number of nitrogens with zero attached hydrogens (tertiary/aromatic N) is 4. The van der Waals surface area contributed by atoms with Crippen molar-refractivity contribution >= 4 is 17.6 Å². The van der Waals surface area contributed by atoms with Crippen LogP contribution in [0.5, 0.6) is 0 Å². The van der Waals surface area contributed by atoms with Gasteiger partial charge in [0.2, 0.25) is 0 Å². The number of aliphatic hydroxyl groups is 1.